The Morgan fingerprint density at radius 3 is 2.00 bits per heavy atom. The number of rotatable bonds is 3. The van der Waals surface area contributed by atoms with E-state index in [9.17, 15) is 26.3 Å². The van der Waals surface area contributed by atoms with Gasteiger partial charge in [0.25, 0.3) is 0 Å². The van der Waals surface area contributed by atoms with E-state index in [2.05, 4.69) is 0 Å². The lowest BCUT2D eigenvalue weighted by atomic mass is 10.2. The van der Waals surface area contributed by atoms with E-state index >= 15 is 0 Å². The molecule has 1 aliphatic heterocycles. The molecule has 0 spiro atoms. The summed E-state index contributed by atoms with van der Waals surface area (Å²) >= 11 is 5.86. The van der Waals surface area contributed by atoms with Crippen LogP contribution in [0.5, 0.6) is 11.5 Å². The fraction of sp³-hybridized carbons (Fsp3) is 0.294. The highest BCUT2D eigenvalue weighted by atomic mass is 35.5. The lowest BCUT2D eigenvalue weighted by Crippen LogP contribution is -2.19. The molecule has 3 rings (SSSR count). The molecule has 2 aromatic rings. The predicted octanol–water partition coefficient (Wildman–Crippen LogP) is 6.17. The van der Waals surface area contributed by atoms with Crippen molar-refractivity contribution in [1.29, 1.82) is 0 Å². The summed E-state index contributed by atoms with van der Waals surface area (Å²) in [6.07, 6.45) is -3.18. The third-order valence-electron chi connectivity index (χ3n) is 3.99. The van der Waals surface area contributed by atoms with Gasteiger partial charge in [-0.05, 0) is 31.0 Å². The van der Waals surface area contributed by atoms with E-state index in [1.165, 1.54) is 6.07 Å². The van der Waals surface area contributed by atoms with Gasteiger partial charge in [-0.3, -0.25) is 0 Å². The Labute approximate surface area is 149 Å². The third kappa shape index (κ3) is 3.70. The van der Waals surface area contributed by atoms with Gasteiger partial charge in [0.1, 0.15) is 11.6 Å². The smallest absolute Gasteiger partial charge is 0.416 e. The first kappa shape index (κ1) is 18.7. The van der Waals surface area contributed by atoms with Crippen LogP contribution in [0.1, 0.15) is 18.4 Å². The summed E-state index contributed by atoms with van der Waals surface area (Å²) in [5, 5.41) is -0.260. The molecule has 0 radical (unpaired) electrons. The third-order valence-corrected chi connectivity index (χ3v) is 4.28. The highest BCUT2D eigenvalue weighted by Gasteiger charge is 2.33. The highest BCUT2D eigenvalue weighted by Crippen LogP contribution is 2.39. The summed E-state index contributed by atoms with van der Waals surface area (Å²) in [6.45, 7) is 1.20. The van der Waals surface area contributed by atoms with Gasteiger partial charge in [0.15, 0.2) is 17.4 Å². The van der Waals surface area contributed by atoms with Crippen LogP contribution < -0.4 is 9.64 Å². The zero-order valence-electron chi connectivity index (χ0n) is 13.1. The van der Waals surface area contributed by atoms with Crippen molar-refractivity contribution in [2.45, 2.75) is 19.0 Å². The van der Waals surface area contributed by atoms with E-state index in [-0.39, 0.29) is 28.6 Å². The van der Waals surface area contributed by atoms with E-state index < -0.39 is 34.9 Å². The minimum absolute atomic E-state index is 0.122. The summed E-state index contributed by atoms with van der Waals surface area (Å²) in [5.74, 6) is -5.01. The van der Waals surface area contributed by atoms with Crippen LogP contribution in [0.15, 0.2) is 24.3 Å². The summed E-state index contributed by atoms with van der Waals surface area (Å²) in [5.41, 5.74) is -1.34. The zero-order chi connectivity index (χ0) is 19.1. The average molecular weight is 396 g/mol. The number of hydrogen-bond donors (Lipinski definition) is 0. The van der Waals surface area contributed by atoms with Crippen LogP contribution >= 0.6 is 11.6 Å². The van der Waals surface area contributed by atoms with Gasteiger partial charge < -0.3 is 9.64 Å². The number of halogens is 7. The average Bonchev–Trinajstić information content (AvgIpc) is 3.05. The topological polar surface area (TPSA) is 12.5 Å². The predicted molar refractivity (Wildman–Crippen MR) is 84.3 cm³/mol. The van der Waals surface area contributed by atoms with Crippen LogP contribution in [0, 0.1) is 17.5 Å². The number of nitrogens with zero attached hydrogens (tertiary/aromatic N) is 1. The van der Waals surface area contributed by atoms with Crippen molar-refractivity contribution in [2.24, 2.45) is 0 Å². The Bertz CT molecular complexity index is 810. The molecule has 0 saturated carbocycles. The molecule has 0 aromatic heterocycles. The molecule has 1 aliphatic rings. The molecule has 0 atom stereocenters. The summed E-state index contributed by atoms with van der Waals surface area (Å²) in [4.78, 5) is 1.72. The second-order valence-electron chi connectivity index (χ2n) is 5.80. The lowest BCUT2D eigenvalue weighted by molar-refractivity contribution is -0.138. The van der Waals surface area contributed by atoms with Gasteiger partial charge in [0.2, 0.25) is 0 Å². The molecular formula is C17H12ClF6NO. The van der Waals surface area contributed by atoms with Gasteiger partial charge in [-0.15, -0.1) is 0 Å². The van der Waals surface area contributed by atoms with E-state index in [1.54, 1.807) is 4.90 Å². The van der Waals surface area contributed by atoms with Crippen molar-refractivity contribution < 1.29 is 31.1 Å². The molecule has 0 aliphatic carbocycles. The molecule has 0 amide bonds. The lowest BCUT2D eigenvalue weighted by Gasteiger charge is -2.20. The van der Waals surface area contributed by atoms with Crippen LogP contribution in [-0.4, -0.2) is 13.1 Å². The van der Waals surface area contributed by atoms with E-state index in [1.807, 2.05) is 0 Å². The van der Waals surface area contributed by atoms with Crippen molar-refractivity contribution in [1.82, 2.24) is 0 Å². The maximum Gasteiger partial charge on any atom is 0.416 e. The number of hydrogen-bond acceptors (Lipinski definition) is 2. The number of anilines is 1. The first-order chi connectivity index (χ1) is 12.2. The van der Waals surface area contributed by atoms with Crippen LogP contribution in [0.25, 0.3) is 0 Å². The van der Waals surface area contributed by atoms with Crippen molar-refractivity contribution in [3.8, 4) is 11.5 Å². The first-order valence-electron chi connectivity index (χ1n) is 7.65. The molecule has 2 nitrogen and oxygen atoms in total. The molecule has 0 unspecified atom stereocenters. The van der Waals surface area contributed by atoms with E-state index in [0.29, 0.717) is 13.1 Å². The second-order valence-corrected chi connectivity index (χ2v) is 6.20. The molecule has 26 heavy (non-hydrogen) atoms. The van der Waals surface area contributed by atoms with Crippen molar-refractivity contribution in [3.05, 3.63) is 52.3 Å². The fourth-order valence-corrected chi connectivity index (χ4v) is 2.92. The Morgan fingerprint density at radius 1 is 0.885 bits per heavy atom. The van der Waals surface area contributed by atoms with Crippen LogP contribution in [-0.2, 0) is 6.18 Å². The molecule has 0 bridgehead atoms. The molecule has 1 fully saturated rings. The Morgan fingerprint density at radius 2 is 1.46 bits per heavy atom. The molecule has 140 valence electrons. The van der Waals surface area contributed by atoms with Crippen LogP contribution in [0.4, 0.5) is 32.0 Å². The molecule has 2 aromatic carbocycles. The Hall–Kier alpha value is -2.09. The van der Waals surface area contributed by atoms with Crippen LogP contribution in [0.3, 0.4) is 0 Å². The Balaban J connectivity index is 1.97. The normalized spacial score (nSPS) is 14.8. The number of ether oxygens (including phenoxy) is 1. The number of benzene rings is 2. The van der Waals surface area contributed by atoms with Gasteiger partial charge in [-0.25, -0.2) is 13.2 Å². The monoisotopic (exact) mass is 395 g/mol. The molecule has 0 N–H and O–H groups in total. The molecule has 9 heteroatoms. The minimum Gasteiger partial charge on any atom is -0.450 e. The van der Waals surface area contributed by atoms with Crippen molar-refractivity contribution in [2.75, 3.05) is 18.0 Å². The van der Waals surface area contributed by atoms with Gasteiger partial charge in [0.05, 0.1) is 16.3 Å². The van der Waals surface area contributed by atoms with E-state index in [4.69, 9.17) is 16.3 Å². The molecule has 1 saturated heterocycles. The van der Waals surface area contributed by atoms with Crippen molar-refractivity contribution >= 4 is 17.3 Å². The van der Waals surface area contributed by atoms with E-state index in [0.717, 1.165) is 18.9 Å². The second kappa shape index (κ2) is 6.90. The van der Waals surface area contributed by atoms with Gasteiger partial charge >= 0.3 is 6.18 Å². The quantitative estimate of drug-likeness (QED) is 0.576. The summed E-state index contributed by atoms with van der Waals surface area (Å²) < 4.78 is 84.8. The van der Waals surface area contributed by atoms with Gasteiger partial charge in [-0.1, -0.05) is 11.6 Å². The Kier molecular flexibility index (Phi) is 4.96. The van der Waals surface area contributed by atoms with Gasteiger partial charge in [0, 0.05) is 19.2 Å². The maximum absolute atomic E-state index is 14.1. The summed E-state index contributed by atoms with van der Waals surface area (Å²) in [6, 6.07) is 2.36. The van der Waals surface area contributed by atoms with Crippen molar-refractivity contribution in [3.63, 3.8) is 0 Å². The molecular weight excluding hydrogens is 384 g/mol. The standard InChI is InChI=1S/C17H12ClF6NO/c18-10-7-11(19)14(25-3-1-2-4-25)8-15(10)26-16-12(20)5-9(6-13(16)21)17(22,23)24/h5-8H,1-4H2. The van der Waals surface area contributed by atoms with Crippen LogP contribution in [0.2, 0.25) is 5.02 Å². The minimum atomic E-state index is -4.91. The number of alkyl halides is 3. The first-order valence-corrected chi connectivity index (χ1v) is 8.02. The van der Waals surface area contributed by atoms with Gasteiger partial charge in [-0.2, -0.15) is 13.2 Å². The SMILES string of the molecule is Fc1cc(Cl)c(Oc2c(F)cc(C(F)(F)F)cc2F)cc1N1CCCC1. The summed E-state index contributed by atoms with van der Waals surface area (Å²) in [7, 11) is 0. The highest BCUT2D eigenvalue weighted by molar-refractivity contribution is 6.32. The largest absolute Gasteiger partial charge is 0.450 e. The maximum atomic E-state index is 14.1. The fourth-order valence-electron chi connectivity index (χ4n) is 2.73. The zero-order valence-corrected chi connectivity index (χ0v) is 13.9. The molecule has 1 heterocycles.